The molecule has 19 heavy (non-hydrogen) atoms. The highest BCUT2D eigenvalue weighted by Crippen LogP contribution is 2.34. The van der Waals surface area contributed by atoms with Crippen molar-refractivity contribution < 1.29 is 12.8 Å². The van der Waals surface area contributed by atoms with E-state index in [1.807, 2.05) is 6.92 Å². The fourth-order valence-electron chi connectivity index (χ4n) is 2.15. The van der Waals surface area contributed by atoms with Crippen molar-refractivity contribution in [3.8, 4) is 0 Å². The molecule has 0 aromatic heterocycles. The number of hydrogen-bond acceptors (Lipinski definition) is 3. The maximum absolute atomic E-state index is 13.5. The Morgan fingerprint density at radius 2 is 2.16 bits per heavy atom. The summed E-state index contributed by atoms with van der Waals surface area (Å²) in [6, 6.07) is 3.93. The largest absolute Gasteiger partial charge is 0.316 e. The molecule has 2 N–H and O–H groups in total. The van der Waals surface area contributed by atoms with Crippen molar-refractivity contribution in [2.24, 2.45) is 5.92 Å². The van der Waals surface area contributed by atoms with Crippen LogP contribution in [-0.2, 0) is 16.6 Å². The molecule has 0 amide bonds. The molecule has 1 fully saturated rings. The molecule has 1 aromatic rings. The maximum atomic E-state index is 13.5. The average molecular weight is 286 g/mol. The first-order valence-electron chi connectivity index (χ1n) is 6.43. The quantitative estimate of drug-likeness (QED) is 0.835. The van der Waals surface area contributed by atoms with Crippen LogP contribution in [0.4, 0.5) is 4.39 Å². The van der Waals surface area contributed by atoms with Crippen molar-refractivity contribution >= 4 is 10.0 Å². The van der Waals surface area contributed by atoms with E-state index in [0.29, 0.717) is 18.0 Å². The number of rotatable bonds is 6. The molecule has 2 unspecified atom stereocenters. The third kappa shape index (κ3) is 3.32. The number of hydrogen-bond donors (Lipinski definition) is 2. The molecule has 1 aromatic carbocycles. The van der Waals surface area contributed by atoms with Gasteiger partial charge in [-0.3, -0.25) is 0 Å². The first-order valence-corrected chi connectivity index (χ1v) is 7.91. The van der Waals surface area contributed by atoms with Crippen LogP contribution in [0, 0.1) is 11.7 Å². The molecule has 106 valence electrons. The van der Waals surface area contributed by atoms with E-state index in [4.69, 9.17) is 0 Å². The predicted molar refractivity (Wildman–Crippen MR) is 71.7 cm³/mol. The molecule has 1 aliphatic carbocycles. The van der Waals surface area contributed by atoms with Gasteiger partial charge in [0.15, 0.2) is 0 Å². The Kier molecular flexibility index (Phi) is 4.23. The zero-order valence-corrected chi connectivity index (χ0v) is 11.9. The summed E-state index contributed by atoms with van der Waals surface area (Å²) in [5.41, 5.74) is 0.355. The lowest BCUT2D eigenvalue weighted by molar-refractivity contribution is 0.573. The van der Waals surface area contributed by atoms with E-state index < -0.39 is 15.8 Å². The van der Waals surface area contributed by atoms with Crippen molar-refractivity contribution in [3.63, 3.8) is 0 Å². The first-order chi connectivity index (χ1) is 8.97. The smallest absolute Gasteiger partial charge is 0.240 e. The standard InChI is InChI=1S/C13H19FN2O2S/c1-3-9-7-13(9)16-19(17,18)11-4-5-12(14)10(6-11)8-15-2/h4-6,9,13,15-16H,3,7-8H2,1-2H3. The van der Waals surface area contributed by atoms with Crippen LogP contribution in [0.25, 0.3) is 0 Å². The summed E-state index contributed by atoms with van der Waals surface area (Å²) in [5, 5.41) is 2.82. The van der Waals surface area contributed by atoms with Gasteiger partial charge in [-0.05, 0) is 37.6 Å². The molecule has 4 nitrogen and oxygen atoms in total. The lowest BCUT2D eigenvalue weighted by Crippen LogP contribution is -2.27. The van der Waals surface area contributed by atoms with Gasteiger partial charge in [-0.25, -0.2) is 17.5 Å². The van der Waals surface area contributed by atoms with E-state index in [0.717, 1.165) is 12.8 Å². The lowest BCUT2D eigenvalue weighted by atomic mass is 10.2. The summed E-state index contributed by atoms with van der Waals surface area (Å²) in [6.07, 6.45) is 1.86. The summed E-state index contributed by atoms with van der Waals surface area (Å²) in [7, 11) is -1.85. The molecule has 0 heterocycles. The third-order valence-corrected chi connectivity index (χ3v) is 4.94. The number of benzene rings is 1. The highest BCUT2D eigenvalue weighted by atomic mass is 32.2. The van der Waals surface area contributed by atoms with E-state index in [2.05, 4.69) is 10.0 Å². The minimum absolute atomic E-state index is 0.0350. The van der Waals surface area contributed by atoms with E-state index in [1.54, 1.807) is 7.05 Å². The molecule has 1 aliphatic rings. The van der Waals surface area contributed by atoms with Crippen LogP contribution in [0.1, 0.15) is 25.3 Å². The van der Waals surface area contributed by atoms with Gasteiger partial charge < -0.3 is 5.32 Å². The highest BCUT2D eigenvalue weighted by Gasteiger charge is 2.38. The second-order valence-corrected chi connectivity index (χ2v) is 6.63. The molecule has 2 atom stereocenters. The molecule has 0 aliphatic heterocycles. The normalized spacial score (nSPS) is 22.5. The fraction of sp³-hybridized carbons (Fsp3) is 0.538. The summed E-state index contributed by atoms with van der Waals surface area (Å²) < 4.78 is 40.5. The minimum atomic E-state index is -3.54. The van der Waals surface area contributed by atoms with Crippen LogP contribution in [0.2, 0.25) is 0 Å². The van der Waals surface area contributed by atoms with Gasteiger partial charge in [0, 0.05) is 18.2 Å². The third-order valence-electron chi connectivity index (χ3n) is 3.45. The second-order valence-electron chi connectivity index (χ2n) is 4.92. The summed E-state index contributed by atoms with van der Waals surface area (Å²) in [5.74, 6) is 0.0400. The Morgan fingerprint density at radius 1 is 1.42 bits per heavy atom. The summed E-state index contributed by atoms with van der Waals surface area (Å²) >= 11 is 0. The monoisotopic (exact) mass is 286 g/mol. The molecule has 0 radical (unpaired) electrons. The van der Waals surface area contributed by atoms with E-state index in [-0.39, 0.29) is 10.9 Å². The van der Waals surface area contributed by atoms with Crippen LogP contribution in [0.5, 0.6) is 0 Å². The molecule has 2 rings (SSSR count). The van der Waals surface area contributed by atoms with E-state index in [9.17, 15) is 12.8 Å². The summed E-state index contributed by atoms with van der Waals surface area (Å²) in [6.45, 7) is 2.35. The maximum Gasteiger partial charge on any atom is 0.240 e. The first kappa shape index (κ1) is 14.4. The topological polar surface area (TPSA) is 58.2 Å². The molecular formula is C13H19FN2O2S. The van der Waals surface area contributed by atoms with Crippen molar-refractivity contribution in [1.82, 2.24) is 10.0 Å². The van der Waals surface area contributed by atoms with Crippen molar-refractivity contribution in [3.05, 3.63) is 29.6 Å². The van der Waals surface area contributed by atoms with Crippen molar-refractivity contribution in [2.45, 2.75) is 37.2 Å². The van der Waals surface area contributed by atoms with Gasteiger partial charge in [-0.15, -0.1) is 0 Å². The SMILES string of the molecule is CCC1CC1NS(=O)(=O)c1ccc(F)c(CNC)c1. The molecule has 0 saturated heterocycles. The molecule has 6 heteroatoms. The van der Waals surface area contributed by atoms with Crippen LogP contribution in [-0.4, -0.2) is 21.5 Å². The van der Waals surface area contributed by atoms with Crippen LogP contribution < -0.4 is 10.0 Å². The van der Waals surface area contributed by atoms with Crippen LogP contribution in [0.15, 0.2) is 23.1 Å². The fourth-order valence-corrected chi connectivity index (χ4v) is 3.52. The molecular weight excluding hydrogens is 267 g/mol. The predicted octanol–water partition coefficient (Wildman–Crippen LogP) is 1.62. The van der Waals surface area contributed by atoms with E-state index >= 15 is 0 Å². The molecule has 0 bridgehead atoms. The number of sulfonamides is 1. The number of nitrogens with one attached hydrogen (secondary N) is 2. The summed E-state index contributed by atoms with van der Waals surface area (Å²) in [4.78, 5) is 0.126. The van der Waals surface area contributed by atoms with Crippen molar-refractivity contribution in [2.75, 3.05) is 7.05 Å². The Hall–Kier alpha value is -0.980. The van der Waals surface area contributed by atoms with Crippen LogP contribution >= 0.6 is 0 Å². The minimum Gasteiger partial charge on any atom is -0.316 e. The molecule has 1 saturated carbocycles. The van der Waals surface area contributed by atoms with Gasteiger partial charge in [0.25, 0.3) is 0 Å². The lowest BCUT2D eigenvalue weighted by Gasteiger charge is -2.09. The zero-order chi connectivity index (χ0) is 14.0. The highest BCUT2D eigenvalue weighted by molar-refractivity contribution is 7.89. The number of halogens is 1. The van der Waals surface area contributed by atoms with Gasteiger partial charge >= 0.3 is 0 Å². The van der Waals surface area contributed by atoms with Crippen molar-refractivity contribution in [1.29, 1.82) is 0 Å². The Morgan fingerprint density at radius 3 is 2.74 bits per heavy atom. The average Bonchev–Trinajstić information content (AvgIpc) is 3.09. The van der Waals surface area contributed by atoms with E-state index in [1.165, 1.54) is 18.2 Å². The Bertz CT molecular complexity index is 560. The zero-order valence-electron chi connectivity index (χ0n) is 11.1. The van der Waals surface area contributed by atoms with Crippen LogP contribution in [0.3, 0.4) is 0 Å². The van der Waals surface area contributed by atoms with Gasteiger partial charge in [0.05, 0.1) is 4.90 Å². The van der Waals surface area contributed by atoms with Gasteiger partial charge in [-0.1, -0.05) is 13.3 Å². The molecule has 0 spiro atoms. The Balaban J connectivity index is 2.18. The Labute approximate surface area is 113 Å². The van der Waals surface area contributed by atoms with Gasteiger partial charge in [-0.2, -0.15) is 0 Å². The second kappa shape index (κ2) is 5.56. The van der Waals surface area contributed by atoms with Gasteiger partial charge in [0.1, 0.15) is 5.82 Å². The van der Waals surface area contributed by atoms with Gasteiger partial charge in [0.2, 0.25) is 10.0 Å².